The third-order valence-corrected chi connectivity index (χ3v) is 5.76. The number of hydrogen-bond acceptors (Lipinski definition) is 6. The van der Waals surface area contributed by atoms with Crippen LogP contribution in [0, 0.1) is 13.8 Å². The monoisotopic (exact) mass is 442 g/mol. The molecule has 0 aliphatic carbocycles. The average molecular weight is 442 g/mol. The van der Waals surface area contributed by atoms with Crippen molar-refractivity contribution in [2.24, 2.45) is 0 Å². The van der Waals surface area contributed by atoms with Crippen LogP contribution in [-0.4, -0.2) is 41.2 Å². The second-order valence-electron chi connectivity index (χ2n) is 7.95. The van der Waals surface area contributed by atoms with Crippen molar-refractivity contribution in [2.45, 2.75) is 32.7 Å². The molecular weight excluding hydrogens is 418 g/mol. The molecule has 9 heteroatoms. The molecule has 1 aliphatic heterocycles. The number of amides is 1. The Labute approximate surface area is 184 Å². The Bertz CT molecular complexity index is 1220. The lowest BCUT2D eigenvalue weighted by atomic mass is 9.94. The van der Waals surface area contributed by atoms with Gasteiger partial charge in [0.2, 0.25) is 0 Å². The minimum atomic E-state index is -3.33. The molecule has 2 aromatic carbocycles. The minimum absolute atomic E-state index is 0.0324. The van der Waals surface area contributed by atoms with E-state index in [1.54, 1.807) is 45.2 Å². The van der Waals surface area contributed by atoms with E-state index in [0.29, 0.717) is 45.1 Å². The first-order valence-corrected chi connectivity index (χ1v) is 10.2. The summed E-state index contributed by atoms with van der Waals surface area (Å²) < 4.78 is 33.9. The summed E-state index contributed by atoms with van der Waals surface area (Å²) in [5, 5.41) is 13.1. The van der Waals surface area contributed by atoms with Gasteiger partial charge in [-0.2, -0.15) is 8.78 Å². The van der Waals surface area contributed by atoms with Crippen LogP contribution < -0.4 is 15.0 Å². The molecule has 2 N–H and O–H groups in total. The molecule has 2 heterocycles. The summed E-state index contributed by atoms with van der Waals surface area (Å²) in [5.74, 6) is -1.87. The zero-order valence-corrected chi connectivity index (χ0v) is 18.2. The van der Waals surface area contributed by atoms with Gasteiger partial charge in [-0.1, -0.05) is 18.2 Å². The smallest absolute Gasteiger partial charge is 0.296 e. The van der Waals surface area contributed by atoms with E-state index in [0.717, 1.165) is 0 Å². The number of aliphatic hydroxyl groups is 1. The van der Waals surface area contributed by atoms with Gasteiger partial charge in [0.05, 0.1) is 17.2 Å². The quantitative estimate of drug-likeness (QED) is 0.624. The topological polar surface area (TPSA) is 87.6 Å². The maximum absolute atomic E-state index is 14.2. The van der Waals surface area contributed by atoms with E-state index in [4.69, 9.17) is 9.84 Å². The molecule has 0 saturated carbocycles. The fraction of sp³-hybridized carbons (Fsp3) is 0.348. The van der Waals surface area contributed by atoms with Crippen LogP contribution in [0.3, 0.4) is 0 Å². The van der Waals surface area contributed by atoms with Crippen molar-refractivity contribution in [3.05, 3.63) is 52.8 Å². The number of alkyl halides is 2. The number of aromatic nitrogens is 2. The van der Waals surface area contributed by atoms with Crippen molar-refractivity contribution in [1.29, 1.82) is 0 Å². The highest BCUT2D eigenvalue weighted by atomic mass is 19.3. The Balaban J connectivity index is 1.77. The Kier molecular flexibility index (Phi) is 5.46. The van der Waals surface area contributed by atoms with E-state index < -0.39 is 12.5 Å². The Hall–Kier alpha value is -3.33. The van der Waals surface area contributed by atoms with Gasteiger partial charge in [-0.15, -0.1) is 0 Å². The summed E-state index contributed by atoms with van der Waals surface area (Å²) in [6.07, 6.45) is 0. The zero-order chi connectivity index (χ0) is 23.2. The largest absolute Gasteiger partial charge is 0.481 e. The fourth-order valence-corrected chi connectivity index (χ4v) is 4.01. The second-order valence-corrected chi connectivity index (χ2v) is 7.95. The molecule has 1 aliphatic rings. The normalized spacial score (nSPS) is 14.8. The number of nitrogens with one attached hydrogen (secondary N) is 1. The van der Waals surface area contributed by atoms with Gasteiger partial charge in [-0.3, -0.25) is 4.79 Å². The molecule has 1 aromatic heterocycles. The number of likely N-dealkylation sites (N-methyl/N-ethyl adjacent to an activating group) is 1. The lowest BCUT2D eigenvalue weighted by molar-refractivity contribution is -0.120. The first-order chi connectivity index (χ1) is 15.1. The maximum atomic E-state index is 14.2. The van der Waals surface area contributed by atoms with Gasteiger partial charge in [-0.05, 0) is 38.0 Å². The Morgan fingerprint density at radius 1 is 1.28 bits per heavy atom. The number of aryl methyl sites for hydroxylation is 1. The van der Waals surface area contributed by atoms with Crippen LogP contribution in [0.4, 0.5) is 20.3 Å². The van der Waals surface area contributed by atoms with Gasteiger partial charge < -0.3 is 20.1 Å². The van der Waals surface area contributed by atoms with Crippen LogP contribution >= 0.6 is 0 Å². The first kappa shape index (κ1) is 21.9. The highest BCUT2D eigenvalue weighted by Crippen LogP contribution is 2.38. The number of hydrogen-bond donors (Lipinski definition) is 2. The third kappa shape index (κ3) is 3.73. The molecule has 0 fully saturated rings. The number of halogens is 2. The maximum Gasteiger partial charge on any atom is 0.296 e. The molecule has 0 saturated heterocycles. The lowest BCUT2D eigenvalue weighted by Crippen LogP contribution is -2.35. The van der Waals surface area contributed by atoms with Crippen molar-refractivity contribution < 1.29 is 23.4 Å². The van der Waals surface area contributed by atoms with Gasteiger partial charge in [0.25, 0.3) is 11.8 Å². The van der Waals surface area contributed by atoms with E-state index in [-0.39, 0.29) is 24.1 Å². The summed E-state index contributed by atoms with van der Waals surface area (Å²) in [6.45, 7) is 3.94. The number of ether oxygens (including phenoxy) is 1. The lowest BCUT2D eigenvalue weighted by Gasteiger charge is -2.27. The van der Waals surface area contributed by atoms with E-state index in [1.165, 1.54) is 11.0 Å². The second kappa shape index (κ2) is 7.98. The average Bonchev–Trinajstić information content (AvgIpc) is 2.75. The van der Waals surface area contributed by atoms with Crippen LogP contribution in [0.15, 0.2) is 30.3 Å². The summed E-state index contributed by atoms with van der Waals surface area (Å²) in [5.41, 5.74) is 2.11. The predicted octanol–water partition coefficient (Wildman–Crippen LogP) is 3.86. The van der Waals surface area contributed by atoms with Gasteiger partial charge in [-0.25, -0.2) is 9.97 Å². The number of rotatable bonds is 5. The van der Waals surface area contributed by atoms with E-state index >= 15 is 0 Å². The minimum Gasteiger partial charge on any atom is -0.481 e. The predicted molar refractivity (Wildman–Crippen MR) is 117 cm³/mol. The van der Waals surface area contributed by atoms with Crippen molar-refractivity contribution in [3.63, 3.8) is 0 Å². The van der Waals surface area contributed by atoms with Gasteiger partial charge >= 0.3 is 0 Å². The first-order valence-electron chi connectivity index (χ1n) is 10.2. The van der Waals surface area contributed by atoms with Gasteiger partial charge in [0.15, 0.2) is 6.61 Å². The number of carbonyl (C=O) groups is 1. The van der Waals surface area contributed by atoms with Crippen molar-refractivity contribution in [1.82, 2.24) is 9.97 Å². The fourth-order valence-electron chi connectivity index (χ4n) is 4.01. The molecule has 1 unspecified atom stereocenters. The van der Waals surface area contributed by atoms with Gasteiger partial charge in [0, 0.05) is 24.1 Å². The molecule has 168 valence electrons. The van der Waals surface area contributed by atoms with Crippen LogP contribution in [0.1, 0.15) is 35.5 Å². The SMILES string of the molecule is Cc1nc(NC(C)c2cccc(C(F)(F)CO)c2C)c2cc3c(cc2n1)OCC(=O)N3C. The standard InChI is InChI=1S/C23H24F2N4O3/c1-12-15(6-5-7-17(12)23(24,25)11-30)13(2)26-22-16-8-19-20(32-10-21(31)29(19)4)9-18(16)27-14(3)28-22/h5-9,13,30H,10-11H2,1-4H3,(H,26,27,28). The van der Waals surface area contributed by atoms with Crippen molar-refractivity contribution in [2.75, 3.05) is 30.5 Å². The number of fused-ring (bicyclic) bond motifs is 2. The Morgan fingerprint density at radius 2 is 2.03 bits per heavy atom. The number of aliphatic hydroxyl groups excluding tert-OH is 1. The molecule has 32 heavy (non-hydrogen) atoms. The van der Waals surface area contributed by atoms with Crippen LogP contribution in [0.5, 0.6) is 5.75 Å². The number of carbonyl (C=O) groups excluding carboxylic acids is 1. The molecule has 0 bridgehead atoms. The third-order valence-electron chi connectivity index (χ3n) is 5.76. The molecular formula is C23H24F2N4O3. The highest BCUT2D eigenvalue weighted by molar-refractivity contribution is 6.02. The summed E-state index contributed by atoms with van der Waals surface area (Å²) in [4.78, 5) is 22.6. The molecule has 1 amide bonds. The number of nitrogens with zero attached hydrogens (tertiary/aromatic N) is 3. The molecule has 3 aromatic rings. The summed E-state index contributed by atoms with van der Waals surface area (Å²) >= 11 is 0. The van der Waals surface area contributed by atoms with Crippen LogP contribution in [0.25, 0.3) is 10.9 Å². The zero-order valence-electron chi connectivity index (χ0n) is 18.2. The van der Waals surface area contributed by atoms with Crippen molar-refractivity contribution >= 4 is 28.3 Å². The Morgan fingerprint density at radius 3 is 2.75 bits per heavy atom. The molecule has 7 nitrogen and oxygen atoms in total. The van der Waals surface area contributed by atoms with Crippen LogP contribution in [-0.2, 0) is 10.7 Å². The number of benzene rings is 2. The van der Waals surface area contributed by atoms with E-state index in [9.17, 15) is 13.6 Å². The summed E-state index contributed by atoms with van der Waals surface area (Å²) in [7, 11) is 1.68. The molecule has 4 rings (SSSR count). The summed E-state index contributed by atoms with van der Waals surface area (Å²) in [6, 6.07) is 7.84. The molecule has 0 spiro atoms. The van der Waals surface area contributed by atoms with E-state index in [2.05, 4.69) is 15.3 Å². The molecule has 1 atom stereocenters. The number of anilines is 2. The van der Waals surface area contributed by atoms with Crippen molar-refractivity contribution in [3.8, 4) is 5.75 Å². The van der Waals surface area contributed by atoms with E-state index in [1.807, 2.05) is 6.92 Å². The highest BCUT2D eigenvalue weighted by Gasteiger charge is 2.33. The molecule has 0 radical (unpaired) electrons. The van der Waals surface area contributed by atoms with Gasteiger partial charge in [0.1, 0.15) is 24.0 Å². The van der Waals surface area contributed by atoms with Crippen LogP contribution in [0.2, 0.25) is 0 Å².